The number of hydrogen-bond acceptors (Lipinski definition) is 2. The molecule has 2 heterocycles. The number of carbonyl (C=O) groups is 1. The van der Waals surface area contributed by atoms with Crippen LogP contribution in [0.2, 0.25) is 0 Å². The van der Waals surface area contributed by atoms with Gasteiger partial charge < -0.3 is 15.3 Å². The van der Waals surface area contributed by atoms with Gasteiger partial charge in [-0.25, -0.2) is 0 Å². The third kappa shape index (κ3) is 3.05. The number of aromatic amines is 1. The largest absolute Gasteiger partial charge is 0.366 e. The van der Waals surface area contributed by atoms with Crippen molar-refractivity contribution >= 4 is 16.8 Å². The van der Waals surface area contributed by atoms with E-state index in [9.17, 15) is 9.59 Å². The van der Waals surface area contributed by atoms with Crippen LogP contribution in [-0.2, 0) is 6.54 Å². The van der Waals surface area contributed by atoms with Gasteiger partial charge in [0, 0.05) is 35.5 Å². The summed E-state index contributed by atoms with van der Waals surface area (Å²) in [6, 6.07) is 5.59. The van der Waals surface area contributed by atoms with Gasteiger partial charge >= 0.3 is 0 Å². The van der Waals surface area contributed by atoms with E-state index >= 15 is 0 Å². The Morgan fingerprint density at radius 1 is 1.19 bits per heavy atom. The van der Waals surface area contributed by atoms with Gasteiger partial charge in [0.25, 0.3) is 5.56 Å². The number of aryl methyl sites for hydroxylation is 2. The Morgan fingerprint density at radius 2 is 1.96 bits per heavy atom. The zero-order valence-corrected chi connectivity index (χ0v) is 15.6. The third-order valence-electron chi connectivity index (χ3n) is 5.01. The molecule has 0 aliphatic rings. The van der Waals surface area contributed by atoms with Crippen molar-refractivity contribution in [2.75, 3.05) is 0 Å². The highest BCUT2D eigenvalue weighted by Crippen LogP contribution is 2.33. The number of hydrogen-bond donors (Lipinski definition) is 2. The standard InChI is InChI=1S/C21H25N3O2/c1-4-5-6-11-24-12-17(16-9-10-23-19(16)21(24)26)18-13(2)7-8-15(14(18)3)20(22)25/h7-10,12,23H,4-6,11H2,1-3H3,(H2,22,25). The lowest BCUT2D eigenvalue weighted by atomic mass is 9.91. The quantitative estimate of drug-likeness (QED) is 0.660. The normalized spacial score (nSPS) is 11.2. The smallest absolute Gasteiger partial charge is 0.274 e. The zero-order chi connectivity index (χ0) is 18.8. The molecule has 1 aromatic carbocycles. The van der Waals surface area contributed by atoms with Crippen LogP contribution in [0.4, 0.5) is 0 Å². The van der Waals surface area contributed by atoms with Crippen LogP contribution >= 0.6 is 0 Å². The molecule has 2 aromatic heterocycles. The molecule has 136 valence electrons. The summed E-state index contributed by atoms with van der Waals surface area (Å²) >= 11 is 0. The zero-order valence-electron chi connectivity index (χ0n) is 15.6. The van der Waals surface area contributed by atoms with Crippen molar-refractivity contribution < 1.29 is 4.79 Å². The number of carbonyl (C=O) groups excluding carboxylic acids is 1. The highest BCUT2D eigenvalue weighted by Gasteiger charge is 2.17. The van der Waals surface area contributed by atoms with E-state index < -0.39 is 5.91 Å². The maximum absolute atomic E-state index is 12.8. The summed E-state index contributed by atoms with van der Waals surface area (Å²) in [6.45, 7) is 6.75. The van der Waals surface area contributed by atoms with E-state index in [1.807, 2.05) is 32.2 Å². The number of nitrogens with two attached hydrogens (primary N) is 1. The predicted molar refractivity (Wildman–Crippen MR) is 106 cm³/mol. The molecule has 0 fully saturated rings. The fraction of sp³-hybridized carbons (Fsp3) is 0.333. The molecule has 0 bridgehead atoms. The van der Waals surface area contributed by atoms with Crippen LogP contribution in [-0.4, -0.2) is 15.5 Å². The molecule has 0 aliphatic heterocycles. The molecule has 0 spiro atoms. The lowest BCUT2D eigenvalue weighted by molar-refractivity contribution is 0.1000. The number of fused-ring (bicyclic) bond motifs is 1. The molecule has 5 heteroatoms. The van der Waals surface area contributed by atoms with E-state index in [2.05, 4.69) is 11.9 Å². The maximum atomic E-state index is 12.8. The lowest BCUT2D eigenvalue weighted by Gasteiger charge is -2.16. The molecule has 0 saturated heterocycles. The van der Waals surface area contributed by atoms with Gasteiger partial charge in [0.15, 0.2) is 0 Å². The predicted octanol–water partition coefficient (Wildman–Crippen LogP) is 3.90. The minimum absolute atomic E-state index is 0.00813. The summed E-state index contributed by atoms with van der Waals surface area (Å²) in [5, 5.41) is 0.870. The number of pyridine rings is 1. The minimum Gasteiger partial charge on any atom is -0.366 e. The van der Waals surface area contributed by atoms with Crippen molar-refractivity contribution in [2.45, 2.75) is 46.6 Å². The van der Waals surface area contributed by atoms with Crippen molar-refractivity contribution in [2.24, 2.45) is 5.73 Å². The van der Waals surface area contributed by atoms with E-state index in [4.69, 9.17) is 5.73 Å². The number of unbranched alkanes of at least 4 members (excludes halogenated alkanes) is 2. The second kappa shape index (κ2) is 7.20. The summed E-state index contributed by atoms with van der Waals surface area (Å²) in [5.74, 6) is -0.440. The van der Waals surface area contributed by atoms with Crippen LogP contribution in [0, 0.1) is 13.8 Å². The fourth-order valence-corrected chi connectivity index (χ4v) is 3.62. The van der Waals surface area contributed by atoms with Crippen molar-refractivity contribution in [1.29, 1.82) is 0 Å². The average molecular weight is 351 g/mol. The van der Waals surface area contributed by atoms with E-state index in [1.165, 1.54) is 0 Å². The first-order valence-corrected chi connectivity index (χ1v) is 9.06. The molecule has 0 saturated carbocycles. The van der Waals surface area contributed by atoms with E-state index in [1.54, 1.807) is 16.8 Å². The van der Waals surface area contributed by atoms with Gasteiger partial charge in [0.1, 0.15) is 5.52 Å². The fourth-order valence-electron chi connectivity index (χ4n) is 3.62. The molecule has 0 aliphatic carbocycles. The number of H-pyrrole nitrogens is 1. The highest BCUT2D eigenvalue weighted by atomic mass is 16.1. The molecule has 26 heavy (non-hydrogen) atoms. The van der Waals surface area contributed by atoms with Crippen LogP contribution in [0.25, 0.3) is 22.0 Å². The van der Waals surface area contributed by atoms with E-state index in [-0.39, 0.29) is 5.56 Å². The van der Waals surface area contributed by atoms with Gasteiger partial charge in [-0.15, -0.1) is 0 Å². The summed E-state index contributed by atoms with van der Waals surface area (Å²) in [4.78, 5) is 27.6. The molecule has 5 nitrogen and oxygen atoms in total. The van der Waals surface area contributed by atoms with Gasteiger partial charge in [0.05, 0.1) is 0 Å². The van der Waals surface area contributed by atoms with Crippen LogP contribution in [0.15, 0.2) is 35.4 Å². The topological polar surface area (TPSA) is 80.9 Å². The Labute approximate surface area is 152 Å². The first-order valence-electron chi connectivity index (χ1n) is 9.06. The second-order valence-electron chi connectivity index (χ2n) is 6.81. The summed E-state index contributed by atoms with van der Waals surface area (Å²) in [5.41, 5.74) is 10.5. The van der Waals surface area contributed by atoms with Crippen molar-refractivity contribution in [3.63, 3.8) is 0 Å². The number of nitrogens with one attached hydrogen (secondary N) is 1. The Balaban J connectivity index is 2.27. The monoisotopic (exact) mass is 351 g/mol. The number of rotatable bonds is 6. The molecule has 0 radical (unpaired) electrons. The minimum atomic E-state index is -0.440. The number of nitrogens with zero attached hydrogens (tertiary/aromatic N) is 1. The summed E-state index contributed by atoms with van der Waals surface area (Å²) in [6.07, 6.45) is 6.86. The van der Waals surface area contributed by atoms with Crippen LogP contribution in [0.1, 0.15) is 47.7 Å². The van der Waals surface area contributed by atoms with Gasteiger partial charge in [-0.05, 0) is 49.1 Å². The van der Waals surface area contributed by atoms with Gasteiger partial charge in [-0.1, -0.05) is 25.8 Å². The molecule has 3 rings (SSSR count). The highest BCUT2D eigenvalue weighted by molar-refractivity contribution is 6.00. The Kier molecular flexibility index (Phi) is 4.98. The summed E-state index contributed by atoms with van der Waals surface area (Å²) < 4.78 is 1.78. The van der Waals surface area contributed by atoms with Crippen LogP contribution in [0.5, 0.6) is 0 Å². The number of amides is 1. The van der Waals surface area contributed by atoms with Crippen molar-refractivity contribution in [1.82, 2.24) is 9.55 Å². The molecule has 0 atom stereocenters. The number of primary amides is 1. The third-order valence-corrected chi connectivity index (χ3v) is 5.01. The SMILES string of the molecule is CCCCCn1cc(-c2c(C)ccc(C(N)=O)c2C)c2cc[nH]c2c1=O. The van der Waals surface area contributed by atoms with Crippen molar-refractivity contribution in [3.05, 3.63) is 57.6 Å². The first-order chi connectivity index (χ1) is 12.5. The first kappa shape index (κ1) is 18.0. The van der Waals surface area contributed by atoms with Crippen LogP contribution < -0.4 is 11.3 Å². The maximum Gasteiger partial charge on any atom is 0.274 e. The van der Waals surface area contributed by atoms with E-state index in [0.717, 1.165) is 46.9 Å². The number of benzene rings is 1. The molecular formula is C21H25N3O2. The second-order valence-corrected chi connectivity index (χ2v) is 6.81. The Bertz CT molecular complexity index is 1030. The average Bonchev–Trinajstić information content (AvgIpc) is 3.08. The molecule has 0 unspecified atom stereocenters. The van der Waals surface area contributed by atoms with Gasteiger partial charge in [-0.2, -0.15) is 0 Å². The lowest BCUT2D eigenvalue weighted by Crippen LogP contribution is -2.21. The molecule has 1 amide bonds. The van der Waals surface area contributed by atoms with Gasteiger partial charge in [0.2, 0.25) is 5.91 Å². The Hall–Kier alpha value is -2.82. The van der Waals surface area contributed by atoms with E-state index in [0.29, 0.717) is 17.6 Å². The molecule has 3 N–H and O–H groups in total. The van der Waals surface area contributed by atoms with Gasteiger partial charge in [-0.3, -0.25) is 9.59 Å². The number of aromatic nitrogens is 2. The van der Waals surface area contributed by atoms with Crippen LogP contribution in [0.3, 0.4) is 0 Å². The molecule has 3 aromatic rings. The Morgan fingerprint density at radius 3 is 2.65 bits per heavy atom. The summed E-state index contributed by atoms with van der Waals surface area (Å²) in [7, 11) is 0. The molecular weight excluding hydrogens is 326 g/mol. The van der Waals surface area contributed by atoms with Crippen molar-refractivity contribution in [3.8, 4) is 11.1 Å².